The summed E-state index contributed by atoms with van der Waals surface area (Å²) in [4.78, 5) is 14.8. The number of hydrogen-bond donors (Lipinski definition) is 2. The first kappa shape index (κ1) is 21.1. The quantitative estimate of drug-likeness (QED) is 0.663. The lowest BCUT2D eigenvalue weighted by Crippen LogP contribution is -2.62. The fraction of sp³-hybridized carbons (Fsp3) is 0.435. The zero-order valence-corrected chi connectivity index (χ0v) is 18.7. The van der Waals surface area contributed by atoms with Crippen molar-refractivity contribution in [3.05, 3.63) is 43.0 Å². The molecule has 1 fully saturated rings. The molecule has 0 atom stereocenters. The second-order valence-electron chi connectivity index (χ2n) is 9.53. The van der Waals surface area contributed by atoms with Crippen molar-refractivity contribution in [3.63, 3.8) is 0 Å². The van der Waals surface area contributed by atoms with E-state index in [2.05, 4.69) is 63.1 Å². The van der Waals surface area contributed by atoms with Crippen LogP contribution in [0.2, 0.25) is 0 Å². The summed E-state index contributed by atoms with van der Waals surface area (Å²) < 4.78 is 0. The van der Waals surface area contributed by atoms with Gasteiger partial charge in [0.1, 0.15) is 12.1 Å². The van der Waals surface area contributed by atoms with Gasteiger partial charge in [-0.3, -0.25) is 0 Å². The maximum atomic E-state index is 10.5. The molecular weight excluding hydrogens is 390 g/mol. The van der Waals surface area contributed by atoms with Gasteiger partial charge in [0.25, 0.3) is 0 Å². The molecule has 1 saturated heterocycles. The van der Waals surface area contributed by atoms with Gasteiger partial charge in [-0.1, -0.05) is 6.07 Å². The largest absolute Gasteiger partial charge is 0.507 e. The Hall–Kier alpha value is -3.13. The van der Waals surface area contributed by atoms with Crippen LogP contribution in [-0.4, -0.2) is 54.4 Å². The summed E-state index contributed by atoms with van der Waals surface area (Å²) in [6.07, 6.45) is 6.87. The number of phenolic OH excluding ortho intramolecular Hbond substituents is 1. The number of benzene rings is 1. The fourth-order valence-electron chi connectivity index (χ4n) is 4.62. The molecule has 1 aliphatic heterocycles. The van der Waals surface area contributed by atoms with Gasteiger partial charge in [-0.15, -0.1) is 10.2 Å². The molecule has 3 heterocycles. The zero-order valence-electron chi connectivity index (χ0n) is 18.7. The molecule has 1 aromatic carbocycles. The number of rotatable bonds is 4. The Bertz CT molecular complexity index is 1040. The third kappa shape index (κ3) is 4.64. The zero-order chi connectivity index (χ0) is 22.2. The van der Waals surface area contributed by atoms with Crippen molar-refractivity contribution >= 4 is 5.82 Å². The third-order valence-electron chi connectivity index (χ3n) is 5.74. The van der Waals surface area contributed by atoms with Crippen molar-refractivity contribution in [2.24, 2.45) is 0 Å². The molecule has 1 aliphatic rings. The van der Waals surface area contributed by atoms with Crippen molar-refractivity contribution in [2.75, 3.05) is 11.9 Å². The van der Waals surface area contributed by atoms with Gasteiger partial charge in [0.2, 0.25) is 0 Å². The van der Waals surface area contributed by atoms with E-state index in [-0.39, 0.29) is 16.8 Å². The van der Waals surface area contributed by atoms with E-state index in [1.807, 2.05) is 13.1 Å². The van der Waals surface area contributed by atoms with E-state index in [0.717, 1.165) is 29.9 Å². The molecule has 0 unspecified atom stereocenters. The SMILES string of the molecule is CN(c1cnc(-c2ccc(-c3ccncn3)cc2O)nn1)C1CC(C)(C)NC(C)(C)C1. The van der Waals surface area contributed by atoms with Crippen LogP contribution >= 0.6 is 0 Å². The topological polar surface area (TPSA) is 100.0 Å². The van der Waals surface area contributed by atoms with Gasteiger partial charge in [-0.25, -0.2) is 15.0 Å². The van der Waals surface area contributed by atoms with Crippen molar-refractivity contribution in [3.8, 4) is 28.4 Å². The van der Waals surface area contributed by atoms with Crippen LogP contribution in [-0.2, 0) is 0 Å². The number of nitrogens with one attached hydrogen (secondary N) is 1. The van der Waals surface area contributed by atoms with Crippen molar-refractivity contribution in [1.82, 2.24) is 30.5 Å². The number of aromatic nitrogens is 5. The van der Waals surface area contributed by atoms with Crippen LogP contribution in [0.15, 0.2) is 43.0 Å². The molecule has 0 aliphatic carbocycles. The van der Waals surface area contributed by atoms with Crippen molar-refractivity contribution < 1.29 is 5.11 Å². The number of aromatic hydroxyl groups is 1. The molecule has 0 spiro atoms. The van der Waals surface area contributed by atoms with E-state index in [4.69, 9.17) is 0 Å². The van der Waals surface area contributed by atoms with Crippen LogP contribution in [0.1, 0.15) is 40.5 Å². The van der Waals surface area contributed by atoms with E-state index >= 15 is 0 Å². The van der Waals surface area contributed by atoms with Crippen LogP contribution in [0.4, 0.5) is 5.82 Å². The minimum atomic E-state index is 0.0404. The predicted molar refractivity (Wildman–Crippen MR) is 121 cm³/mol. The number of phenols is 1. The lowest BCUT2D eigenvalue weighted by Gasteiger charge is -2.49. The summed E-state index contributed by atoms with van der Waals surface area (Å²) in [5.74, 6) is 1.19. The highest BCUT2D eigenvalue weighted by Gasteiger charge is 2.39. The molecule has 4 rings (SSSR count). The second kappa shape index (κ2) is 7.85. The number of anilines is 1. The highest BCUT2D eigenvalue weighted by Crippen LogP contribution is 2.33. The van der Waals surface area contributed by atoms with Crippen LogP contribution < -0.4 is 10.2 Å². The molecule has 0 radical (unpaired) electrons. The molecule has 2 aromatic heterocycles. The minimum absolute atomic E-state index is 0.0404. The molecule has 3 aromatic rings. The van der Waals surface area contributed by atoms with Gasteiger partial charge >= 0.3 is 0 Å². The number of hydrogen-bond acceptors (Lipinski definition) is 8. The third-order valence-corrected chi connectivity index (χ3v) is 5.74. The van der Waals surface area contributed by atoms with Gasteiger partial charge in [0.05, 0.1) is 17.5 Å². The lowest BCUT2D eigenvalue weighted by molar-refractivity contribution is 0.160. The second-order valence-corrected chi connectivity index (χ2v) is 9.53. The van der Waals surface area contributed by atoms with Crippen LogP contribution in [0, 0.1) is 0 Å². The standard InChI is InChI=1S/C23H29N7O/c1-22(2)11-16(12-23(3,4)29-22)30(5)20-13-25-21(28-27-20)17-7-6-15(10-19(17)31)18-8-9-24-14-26-18/h6-10,13-14,16,29,31H,11-12H2,1-5H3. The Kier molecular flexibility index (Phi) is 5.35. The fourth-order valence-corrected chi connectivity index (χ4v) is 4.62. The monoisotopic (exact) mass is 419 g/mol. The summed E-state index contributed by atoms with van der Waals surface area (Å²) in [5.41, 5.74) is 2.14. The molecular formula is C23H29N7O. The molecule has 0 saturated carbocycles. The van der Waals surface area contributed by atoms with Crippen LogP contribution in [0.3, 0.4) is 0 Å². The predicted octanol–water partition coefficient (Wildman–Crippen LogP) is 3.45. The van der Waals surface area contributed by atoms with E-state index < -0.39 is 0 Å². The summed E-state index contributed by atoms with van der Waals surface area (Å²) in [6.45, 7) is 8.93. The van der Waals surface area contributed by atoms with Gasteiger partial charge in [-0.2, -0.15) is 0 Å². The average molecular weight is 420 g/mol. The molecule has 0 amide bonds. The molecule has 8 heteroatoms. The van der Waals surface area contributed by atoms with Crippen LogP contribution in [0.5, 0.6) is 5.75 Å². The normalized spacial score (nSPS) is 18.0. The average Bonchev–Trinajstić information content (AvgIpc) is 2.72. The van der Waals surface area contributed by atoms with Gasteiger partial charge < -0.3 is 15.3 Å². The molecule has 0 bridgehead atoms. The van der Waals surface area contributed by atoms with Gasteiger partial charge in [0, 0.05) is 35.9 Å². The number of nitrogens with zero attached hydrogens (tertiary/aromatic N) is 6. The maximum absolute atomic E-state index is 10.5. The van der Waals surface area contributed by atoms with E-state index in [9.17, 15) is 5.11 Å². The minimum Gasteiger partial charge on any atom is -0.507 e. The smallest absolute Gasteiger partial charge is 0.185 e. The Labute approximate surface area is 182 Å². The first-order chi connectivity index (χ1) is 14.6. The molecule has 31 heavy (non-hydrogen) atoms. The van der Waals surface area contributed by atoms with E-state index in [1.165, 1.54) is 6.33 Å². The van der Waals surface area contributed by atoms with Gasteiger partial charge in [-0.05, 0) is 58.7 Å². The maximum Gasteiger partial charge on any atom is 0.185 e. The van der Waals surface area contributed by atoms with E-state index in [1.54, 1.807) is 30.6 Å². The Morgan fingerprint density at radius 1 is 1.03 bits per heavy atom. The van der Waals surface area contributed by atoms with Crippen molar-refractivity contribution in [2.45, 2.75) is 57.7 Å². The van der Waals surface area contributed by atoms with Crippen molar-refractivity contribution in [1.29, 1.82) is 0 Å². The number of piperidine rings is 1. The summed E-state index contributed by atoms with van der Waals surface area (Å²) in [7, 11) is 2.04. The highest BCUT2D eigenvalue weighted by molar-refractivity contribution is 5.71. The summed E-state index contributed by atoms with van der Waals surface area (Å²) in [6, 6.07) is 7.43. The summed E-state index contributed by atoms with van der Waals surface area (Å²) in [5, 5.41) is 22.9. The Balaban J connectivity index is 1.54. The Morgan fingerprint density at radius 2 is 1.77 bits per heavy atom. The highest BCUT2D eigenvalue weighted by atomic mass is 16.3. The first-order valence-electron chi connectivity index (χ1n) is 10.5. The first-order valence-corrected chi connectivity index (χ1v) is 10.5. The van der Waals surface area contributed by atoms with E-state index in [0.29, 0.717) is 17.4 Å². The lowest BCUT2D eigenvalue weighted by atomic mass is 9.79. The molecule has 162 valence electrons. The van der Waals surface area contributed by atoms with Crippen LogP contribution in [0.25, 0.3) is 22.6 Å². The summed E-state index contributed by atoms with van der Waals surface area (Å²) >= 11 is 0. The molecule has 2 N–H and O–H groups in total. The molecule has 8 nitrogen and oxygen atoms in total. The Morgan fingerprint density at radius 3 is 2.35 bits per heavy atom. The van der Waals surface area contributed by atoms with Gasteiger partial charge in [0.15, 0.2) is 11.6 Å².